The Morgan fingerprint density at radius 3 is 2.90 bits per heavy atom. The number of anilines is 1. The van der Waals surface area contributed by atoms with Crippen LogP contribution in [-0.2, 0) is 11.3 Å². The largest absolute Gasteiger partial charge is 0.369 e. The zero-order valence-corrected chi connectivity index (χ0v) is 11.9. The number of carbonyl (C=O) groups is 1. The molecule has 1 aliphatic heterocycles. The van der Waals surface area contributed by atoms with Crippen LogP contribution in [0.5, 0.6) is 0 Å². The number of rotatable bonds is 4. The fraction of sp³-hybridized carbons (Fsp3) is 0.467. The Morgan fingerprint density at radius 1 is 1.60 bits per heavy atom. The van der Waals surface area contributed by atoms with Gasteiger partial charge < -0.3 is 16.0 Å². The first-order valence-electron chi connectivity index (χ1n) is 6.72. The molecule has 1 saturated heterocycles. The number of nitrogens with one attached hydrogen (secondary N) is 1. The molecule has 20 heavy (non-hydrogen) atoms. The molecule has 3 N–H and O–H groups in total. The molecule has 1 aromatic rings. The van der Waals surface area contributed by atoms with Gasteiger partial charge in [0, 0.05) is 19.6 Å². The Kier molecular flexibility index (Phi) is 3.96. The summed E-state index contributed by atoms with van der Waals surface area (Å²) < 4.78 is 0. The summed E-state index contributed by atoms with van der Waals surface area (Å²) in [4.78, 5) is 13.6. The molecule has 2 rings (SSSR count). The zero-order valence-electron chi connectivity index (χ0n) is 11.9. The summed E-state index contributed by atoms with van der Waals surface area (Å²) in [6.07, 6.45) is 0.728. The number of nitrogens with zero attached hydrogens (tertiary/aromatic N) is 2. The average molecular weight is 272 g/mol. The van der Waals surface area contributed by atoms with E-state index in [2.05, 4.69) is 16.3 Å². The lowest BCUT2D eigenvalue weighted by Gasteiger charge is -2.23. The molecule has 0 aliphatic carbocycles. The van der Waals surface area contributed by atoms with Crippen LogP contribution in [0.25, 0.3) is 0 Å². The minimum absolute atomic E-state index is 0.273. The molecule has 0 bridgehead atoms. The average Bonchev–Trinajstić information content (AvgIpc) is 2.83. The van der Waals surface area contributed by atoms with Gasteiger partial charge in [-0.3, -0.25) is 4.79 Å². The van der Waals surface area contributed by atoms with Crippen molar-refractivity contribution in [1.82, 2.24) is 5.32 Å². The van der Waals surface area contributed by atoms with Crippen LogP contribution in [0.15, 0.2) is 18.2 Å². The fourth-order valence-corrected chi connectivity index (χ4v) is 2.63. The first kappa shape index (κ1) is 14.4. The Hall–Kier alpha value is -2.06. The Labute approximate surface area is 119 Å². The summed E-state index contributed by atoms with van der Waals surface area (Å²) in [5, 5.41) is 12.4. The lowest BCUT2D eigenvalue weighted by Crippen LogP contribution is -2.37. The summed E-state index contributed by atoms with van der Waals surface area (Å²) in [7, 11) is 1.87. The number of hydrogen-bond donors (Lipinski definition) is 2. The van der Waals surface area contributed by atoms with Crippen molar-refractivity contribution in [3.8, 4) is 6.07 Å². The summed E-state index contributed by atoms with van der Waals surface area (Å²) in [5.74, 6) is -0.273. The van der Waals surface area contributed by atoms with E-state index in [9.17, 15) is 10.1 Å². The maximum Gasteiger partial charge on any atom is 0.225 e. The highest BCUT2D eigenvalue weighted by molar-refractivity contribution is 5.82. The fourth-order valence-electron chi connectivity index (χ4n) is 2.63. The van der Waals surface area contributed by atoms with Crippen LogP contribution in [0, 0.1) is 16.7 Å². The maximum absolute atomic E-state index is 11.5. The van der Waals surface area contributed by atoms with E-state index in [1.807, 2.05) is 32.2 Å². The maximum atomic E-state index is 11.5. The molecule has 1 amide bonds. The highest BCUT2D eigenvalue weighted by Crippen LogP contribution is 2.34. The number of benzene rings is 1. The summed E-state index contributed by atoms with van der Waals surface area (Å²) in [5.41, 5.74) is 7.57. The third-order valence-corrected chi connectivity index (χ3v) is 3.97. The van der Waals surface area contributed by atoms with Crippen LogP contribution in [-0.4, -0.2) is 26.0 Å². The molecule has 0 aromatic heterocycles. The van der Waals surface area contributed by atoms with Crippen LogP contribution in [0.2, 0.25) is 0 Å². The minimum Gasteiger partial charge on any atom is -0.369 e. The molecular formula is C15H20N4O. The summed E-state index contributed by atoms with van der Waals surface area (Å²) in [6.45, 7) is 3.94. The van der Waals surface area contributed by atoms with E-state index in [1.54, 1.807) is 0 Å². The molecule has 1 aliphatic rings. The molecule has 0 radical (unpaired) electrons. The highest BCUT2D eigenvalue weighted by Gasteiger charge is 2.39. The van der Waals surface area contributed by atoms with E-state index in [0.717, 1.165) is 30.8 Å². The predicted octanol–water partition coefficient (Wildman–Crippen LogP) is 0.979. The van der Waals surface area contributed by atoms with Gasteiger partial charge in [0.15, 0.2) is 0 Å². The molecule has 0 saturated carbocycles. The van der Waals surface area contributed by atoms with Gasteiger partial charge in [-0.2, -0.15) is 5.26 Å². The van der Waals surface area contributed by atoms with Crippen molar-refractivity contribution >= 4 is 11.6 Å². The van der Waals surface area contributed by atoms with Crippen molar-refractivity contribution in [3.63, 3.8) is 0 Å². The molecule has 5 nitrogen and oxygen atoms in total. The third-order valence-electron chi connectivity index (χ3n) is 3.97. The molecular weight excluding hydrogens is 252 g/mol. The second kappa shape index (κ2) is 5.51. The van der Waals surface area contributed by atoms with E-state index in [0.29, 0.717) is 12.1 Å². The van der Waals surface area contributed by atoms with Crippen molar-refractivity contribution in [2.24, 2.45) is 11.1 Å². The molecule has 1 fully saturated rings. The Morgan fingerprint density at radius 2 is 2.35 bits per heavy atom. The van der Waals surface area contributed by atoms with Crippen molar-refractivity contribution < 1.29 is 4.79 Å². The summed E-state index contributed by atoms with van der Waals surface area (Å²) in [6, 6.07) is 8.10. The number of primary amides is 1. The Balaban J connectivity index is 2.26. The van der Waals surface area contributed by atoms with Gasteiger partial charge in [0.05, 0.1) is 16.7 Å². The molecule has 1 atom stereocenters. The SMILES string of the molecule is CNCc1ccc(N2CCC(C)(C(N)=O)C2)c(C#N)c1. The molecule has 1 heterocycles. The standard InChI is InChI=1S/C15H20N4O/c1-15(14(17)20)5-6-19(10-15)13-4-3-11(9-18-2)7-12(13)8-16/h3-4,7,18H,5-6,9-10H2,1-2H3,(H2,17,20). The first-order valence-corrected chi connectivity index (χ1v) is 6.72. The van der Waals surface area contributed by atoms with Crippen molar-refractivity contribution in [2.45, 2.75) is 19.9 Å². The van der Waals surface area contributed by atoms with Crippen molar-refractivity contribution in [3.05, 3.63) is 29.3 Å². The quantitative estimate of drug-likeness (QED) is 0.856. The lowest BCUT2D eigenvalue weighted by molar-refractivity contribution is -0.125. The van der Waals surface area contributed by atoms with E-state index in [1.165, 1.54) is 0 Å². The van der Waals surface area contributed by atoms with Gasteiger partial charge in [0.1, 0.15) is 6.07 Å². The third kappa shape index (κ3) is 2.61. The lowest BCUT2D eigenvalue weighted by atomic mass is 9.89. The highest BCUT2D eigenvalue weighted by atomic mass is 16.1. The number of hydrogen-bond acceptors (Lipinski definition) is 4. The van der Waals surface area contributed by atoms with Gasteiger partial charge in [-0.25, -0.2) is 0 Å². The first-order chi connectivity index (χ1) is 9.50. The van der Waals surface area contributed by atoms with Crippen LogP contribution in [0.4, 0.5) is 5.69 Å². The normalized spacial score (nSPS) is 21.8. The monoisotopic (exact) mass is 272 g/mol. The van der Waals surface area contributed by atoms with Crippen LogP contribution in [0.1, 0.15) is 24.5 Å². The van der Waals surface area contributed by atoms with Crippen molar-refractivity contribution in [1.29, 1.82) is 5.26 Å². The Bertz CT molecular complexity index is 563. The molecule has 1 aromatic carbocycles. The van der Waals surface area contributed by atoms with Gasteiger partial charge in [-0.15, -0.1) is 0 Å². The second-order valence-electron chi connectivity index (χ2n) is 5.59. The van der Waals surface area contributed by atoms with Gasteiger partial charge in [0.25, 0.3) is 0 Å². The summed E-state index contributed by atoms with van der Waals surface area (Å²) >= 11 is 0. The van der Waals surface area contributed by atoms with E-state index >= 15 is 0 Å². The van der Waals surface area contributed by atoms with Gasteiger partial charge >= 0.3 is 0 Å². The number of amides is 1. The topological polar surface area (TPSA) is 82.2 Å². The molecule has 1 unspecified atom stereocenters. The molecule has 5 heteroatoms. The van der Waals surface area contributed by atoms with Crippen LogP contribution in [0.3, 0.4) is 0 Å². The van der Waals surface area contributed by atoms with Gasteiger partial charge in [-0.1, -0.05) is 6.07 Å². The van der Waals surface area contributed by atoms with E-state index in [4.69, 9.17) is 5.73 Å². The van der Waals surface area contributed by atoms with E-state index < -0.39 is 5.41 Å². The van der Waals surface area contributed by atoms with Crippen molar-refractivity contribution in [2.75, 3.05) is 25.0 Å². The van der Waals surface area contributed by atoms with Crippen LogP contribution < -0.4 is 16.0 Å². The minimum atomic E-state index is -0.504. The molecule has 106 valence electrons. The van der Waals surface area contributed by atoms with Gasteiger partial charge in [-0.05, 0) is 38.1 Å². The number of carbonyl (C=O) groups excluding carboxylic acids is 1. The molecule has 0 spiro atoms. The second-order valence-corrected chi connectivity index (χ2v) is 5.59. The van der Waals surface area contributed by atoms with Crippen LogP contribution >= 0.6 is 0 Å². The van der Waals surface area contributed by atoms with E-state index in [-0.39, 0.29) is 5.91 Å². The zero-order chi connectivity index (χ0) is 14.8. The predicted molar refractivity (Wildman–Crippen MR) is 78.1 cm³/mol. The number of nitrogens with two attached hydrogens (primary N) is 1. The number of nitriles is 1. The van der Waals surface area contributed by atoms with Gasteiger partial charge in [0.2, 0.25) is 5.91 Å². The smallest absolute Gasteiger partial charge is 0.225 e.